The lowest BCUT2D eigenvalue weighted by Crippen LogP contribution is -2.47. The Morgan fingerprint density at radius 2 is 1.21 bits per heavy atom. The molecule has 2 aromatic carbocycles. The number of anilines is 2. The Morgan fingerprint density at radius 3 is 1.59 bits per heavy atom. The SMILES string of the molecule is COc1ccc(N(c2ccc(Cl)cc2)C(C(=O)OC(C)C)C(=O)OC(C)C)cc1. The van der Waals surface area contributed by atoms with Crippen molar-refractivity contribution in [2.75, 3.05) is 12.0 Å². The third-order valence-corrected chi connectivity index (χ3v) is 4.12. The molecule has 0 aromatic heterocycles. The number of halogens is 1. The van der Waals surface area contributed by atoms with Crippen LogP contribution in [0.25, 0.3) is 0 Å². The molecule has 0 saturated carbocycles. The zero-order chi connectivity index (χ0) is 21.6. The molecule has 29 heavy (non-hydrogen) atoms. The first-order valence-corrected chi connectivity index (χ1v) is 9.70. The number of nitrogens with zero attached hydrogens (tertiary/aromatic N) is 1. The summed E-state index contributed by atoms with van der Waals surface area (Å²) in [6, 6.07) is 12.5. The Labute approximate surface area is 176 Å². The van der Waals surface area contributed by atoms with Crippen LogP contribution in [0.1, 0.15) is 27.7 Å². The fourth-order valence-corrected chi connectivity index (χ4v) is 2.82. The van der Waals surface area contributed by atoms with Crippen LogP contribution < -0.4 is 9.64 Å². The van der Waals surface area contributed by atoms with Crippen molar-refractivity contribution in [2.45, 2.75) is 45.9 Å². The highest BCUT2D eigenvalue weighted by atomic mass is 35.5. The molecule has 0 unspecified atom stereocenters. The number of rotatable bonds is 8. The van der Waals surface area contributed by atoms with E-state index < -0.39 is 18.0 Å². The fourth-order valence-electron chi connectivity index (χ4n) is 2.69. The summed E-state index contributed by atoms with van der Waals surface area (Å²) in [6.07, 6.45) is -0.778. The highest BCUT2D eigenvalue weighted by molar-refractivity contribution is 6.30. The summed E-state index contributed by atoms with van der Waals surface area (Å²) < 4.78 is 16.0. The molecule has 156 valence electrons. The van der Waals surface area contributed by atoms with Crippen LogP contribution in [0.2, 0.25) is 5.02 Å². The van der Waals surface area contributed by atoms with Gasteiger partial charge in [0.25, 0.3) is 0 Å². The van der Waals surface area contributed by atoms with E-state index >= 15 is 0 Å². The van der Waals surface area contributed by atoms with Crippen molar-refractivity contribution in [3.63, 3.8) is 0 Å². The Balaban J connectivity index is 2.59. The van der Waals surface area contributed by atoms with Crippen molar-refractivity contribution in [3.8, 4) is 5.75 Å². The number of benzene rings is 2. The molecule has 0 fully saturated rings. The maximum Gasteiger partial charge on any atom is 0.341 e. The molecule has 0 atom stereocenters. The van der Waals surface area contributed by atoms with Crippen LogP contribution in [0.5, 0.6) is 5.75 Å². The van der Waals surface area contributed by atoms with E-state index in [2.05, 4.69) is 0 Å². The van der Waals surface area contributed by atoms with E-state index in [9.17, 15) is 9.59 Å². The molecule has 0 heterocycles. The van der Waals surface area contributed by atoms with Gasteiger partial charge in [0, 0.05) is 16.4 Å². The predicted molar refractivity (Wildman–Crippen MR) is 113 cm³/mol. The van der Waals surface area contributed by atoms with Crippen LogP contribution in [-0.4, -0.2) is 37.3 Å². The Kier molecular flexibility index (Phi) is 7.91. The highest BCUT2D eigenvalue weighted by Crippen LogP contribution is 2.31. The molecule has 0 aliphatic rings. The lowest BCUT2D eigenvalue weighted by Gasteiger charge is -2.32. The molecular weight excluding hydrogens is 394 g/mol. The molecule has 0 amide bonds. The molecule has 0 aliphatic carbocycles. The lowest BCUT2D eigenvalue weighted by atomic mass is 10.1. The molecule has 2 aromatic rings. The maximum atomic E-state index is 12.9. The van der Waals surface area contributed by atoms with Gasteiger partial charge in [-0.3, -0.25) is 0 Å². The summed E-state index contributed by atoms with van der Waals surface area (Å²) in [6.45, 7) is 6.90. The van der Waals surface area contributed by atoms with E-state index in [1.807, 2.05) is 0 Å². The van der Waals surface area contributed by atoms with Crippen LogP contribution in [-0.2, 0) is 19.1 Å². The van der Waals surface area contributed by atoms with E-state index in [4.69, 9.17) is 25.8 Å². The average molecular weight is 420 g/mol. The molecule has 0 spiro atoms. The first-order valence-electron chi connectivity index (χ1n) is 9.32. The Morgan fingerprint density at radius 1 is 0.793 bits per heavy atom. The average Bonchev–Trinajstić information content (AvgIpc) is 2.65. The van der Waals surface area contributed by atoms with Gasteiger partial charge >= 0.3 is 11.9 Å². The number of carbonyl (C=O) groups is 2. The van der Waals surface area contributed by atoms with Crippen LogP contribution in [0.15, 0.2) is 48.5 Å². The zero-order valence-corrected chi connectivity index (χ0v) is 18.0. The van der Waals surface area contributed by atoms with E-state index in [-0.39, 0.29) is 12.2 Å². The number of hydrogen-bond acceptors (Lipinski definition) is 6. The molecule has 0 aliphatic heterocycles. The normalized spacial score (nSPS) is 10.9. The largest absolute Gasteiger partial charge is 0.497 e. The lowest BCUT2D eigenvalue weighted by molar-refractivity contribution is -0.160. The summed E-state index contributed by atoms with van der Waals surface area (Å²) >= 11 is 6.03. The van der Waals surface area contributed by atoms with Gasteiger partial charge in [0.1, 0.15) is 5.75 Å². The molecule has 2 rings (SSSR count). The number of methoxy groups -OCH3 is 1. The van der Waals surface area contributed by atoms with E-state index in [0.29, 0.717) is 22.1 Å². The molecule has 0 saturated heterocycles. The second kappa shape index (κ2) is 10.2. The zero-order valence-electron chi connectivity index (χ0n) is 17.2. The summed E-state index contributed by atoms with van der Waals surface area (Å²) in [7, 11) is 1.56. The van der Waals surface area contributed by atoms with Gasteiger partial charge < -0.3 is 19.1 Å². The summed E-state index contributed by atoms with van der Waals surface area (Å²) in [4.78, 5) is 27.5. The van der Waals surface area contributed by atoms with Crippen LogP contribution >= 0.6 is 11.6 Å². The standard InChI is InChI=1S/C22H26ClNO5/c1-14(2)28-21(25)20(22(26)29-15(3)4)24(17-8-6-16(23)7-9-17)18-10-12-19(27-5)13-11-18/h6-15,20H,1-5H3. The van der Waals surface area contributed by atoms with Crippen molar-refractivity contribution in [3.05, 3.63) is 53.6 Å². The number of ether oxygens (including phenoxy) is 3. The van der Waals surface area contributed by atoms with Crippen LogP contribution in [0.3, 0.4) is 0 Å². The van der Waals surface area contributed by atoms with Gasteiger partial charge in [-0.05, 0) is 76.2 Å². The summed E-state index contributed by atoms with van der Waals surface area (Å²) in [5.74, 6) is -0.747. The second-order valence-electron chi connectivity index (χ2n) is 6.92. The van der Waals surface area contributed by atoms with Gasteiger partial charge in [-0.25, -0.2) is 9.59 Å². The Bertz CT molecular complexity index is 796. The molecule has 0 radical (unpaired) electrons. The second-order valence-corrected chi connectivity index (χ2v) is 7.35. The van der Waals surface area contributed by atoms with Crippen LogP contribution in [0, 0.1) is 0 Å². The molecule has 0 bridgehead atoms. The third kappa shape index (κ3) is 6.12. The van der Waals surface area contributed by atoms with Gasteiger partial charge in [0.2, 0.25) is 6.04 Å². The van der Waals surface area contributed by atoms with Crippen molar-refractivity contribution in [1.29, 1.82) is 0 Å². The minimum atomic E-state index is -1.32. The Hall–Kier alpha value is -2.73. The first-order chi connectivity index (χ1) is 13.7. The van der Waals surface area contributed by atoms with Crippen molar-refractivity contribution < 1.29 is 23.8 Å². The van der Waals surface area contributed by atoms with Gasteiger partial charge in [-0.15, -0.1) is 0 Å². The number of hydrogen-bond donors (Lipinski definition) is 0. The molecule has 7 heteroatoms. The van der Waals surface area contributed by atoms with Crippen molar-refractivity contribution in [1.82, 2.24) is 0 Å². The topological polar surface area (TPSA) is 65.1 Å². The van der Waals surface area contributed by atoms with Crippen LogP contribution in [0.4, 0.5) is 11.4 Å². The minimum Gasteiger partial charge on any atom is -0.497 e. The maximum absolute atomic E-state index is 12.9. The molecule has 6 nitrogen and oxygen atoms in total. The predicted octanol–water partition coefficient (Wildman–Crippen LogP) is 4.76. The van der Waals surface area contributed by atoms with E-state index in [1.165, 1.54) is 0 Å². The monoisotopic (exact) mass is 419 g/mol. The third-order valence-electron chi connectivity index (χ3n) is 3.86. The van der Waals surface area contributed by atoms with Gasteiger partial charge in [0.05, 0.1) is 19.3 Å². The quantitative estimate of drug-likeness (QED) is 0.454. The number of esters is 2. The molecular formula is C22H26ClNO5. The highest BCUT2D eigenvalue weighted by Gasteiger charge is 2.38. The van der Waals surface area contributed by atoms with Gasteiger partial charge in [0.15, 0.2) is 0 Å². The fraction of sp³-hybridized carbons (Fsp3) is 0.364. The summed E-state index contributed by atoms with van der Waals surface area (Å²) in [5.41, 5.74) is 1.19. The van der Waals surface area contributed by atoms with Crippen molar-refractivity contribution >= 4 is 34.9 Å². The van der Waals surface area contributed by atoms with Crippen molar-refractivity contribution in [2.24, 2.45) is 0 Å². The first kappa shape index (κ1) is 22.6. The molecule has 0 N–H and O–H groups in total. The van der Waals surface area contributed by atoms with Gasteiger partial charge in [-0.1, -0.05) is 11.6 Å². The van der Waals surface area contributed by atoms with E-state index in [1.54, 1.807) is 88.2 Å². The summed E-state index contributed by atoms with van der Waals surface area (Å²) in [5, 5.41) is 0.537. The number of carbonyl (C=O) groups excluding carboxylic acids is 2. The van der Waals surface area contributed by atoms with Gasteiger partial charge in [-0.2, -0.15) is 0 Å². The van der Waals surface area contributed by atoms with E-state index in [0.717, 1.165) is 0 Å². The smallest absolute Gasteiger partial charge is 0.341 e. The minimum absolute atomic E-state index is 0.389.